The molecule has 0 N–H and O–H groups in total. The maximum absolute atomic E-state index is 11.9. The van der Waals surface area contributed by atoms with E-state index in [2.05, 4.69) is 24.1 Å². The number of ether oxygens (including phenoxy) is 1. The Morgan fingerprint density at radius 3 is 2.76 bits per heavy atom. The number of hydrogen-bond acceptors (Lipinski definition) is 3. The Balaban J connectivity index is 2.85. The molecule has 1 atom stereocenters. The van der Waals surface area contributed by atoms with Gasteiger partial charge in [-0.3, -0.25) is 0 Å². The number of carbonyl (C=O) groups excluding carboxylic acids is 1. The fraction of sp³-hybridized carbons (Fsp3) is 0.643. The molecule has 0 aromatic heterocycles. The third kappa shape index (κ3) is 3.35. The second-order valence-electron chi connectivity index (χ2n) is 4.40. The van der Waals surface area contributed by atoms with E-state index in [0.29, 0.717) is 6.61 Å². The molecule has 1 aliphatic heterocycles. The molecule has 0 aromatic carbocycles. The van der Waals surface area contributed by atoms with Crippen LogP contribution in [0.2, 0.25) is 0 Å². The predicted molar refractivity (Wildman–Crippen MR) is 69.3 cm³/mol. The van der Waals surface area contributed by atoms with Crippen LogP contribution >= 0.6 is 0 Å². The quantitative estimate of drug-likeness (QED) is 0.688. The van der Waals surface area contributed by atoms with E-state index < -0.39 is 0 Å². The summed E-state index contributed by atoms with van der Waals surface area (Å²) >= 11 is 0. The molecule has 0 aromatic rings. The van der Waals surface area contributed by atoms with E-state index in [9.17, 15) is 4.79 Å². The van der Waals surface area contributed by atoms with Crippen molar-refractivity contribution < 1.29 is 9.53 Å². The smallest absolute Gasteiger partial charge is 0.336 e. The van der Waals surface area contributed by atoms with Crippen molar-refractivity contribution in [3.8, 4) is 0 Å². The lowest BCUT2D eigenvalue weighted by Gasteiger charge is -2.29. The van der Waals surface area contributed by atoms with Crippen LogP contribution in [0.4, 0.5) is 0 Å². The van der Waals surface area contributed by atoms with Crippen LogP contribution in [0.25, 0.3) is 0 Å². The van der Waals surface area contributed by atoms with Gasteiger partial charge in [0.1, 0.15) is 0 Å². The second-order valence-corrected chi connectivity index (χ2v) is 4.40. The first-order valence-electron chi connectivity index (χ1n) is 6.44. The Kier molecular flexibility index (Phi) is 5.26. The number of hydrogen-bond donors (Lipinski definition) is 0. The Labute approximate surface area is 104 Å². The topological polar surface area (TPSA) is 29.5 Å². The van der Waals surface area contributed by atoms with Crippen LogP contribution in [0.15, 0.2) is 23.5 Å². The molecule has 0 spiro atoms. The molecule has 0 radical (unpaired) electrons. The maximum atomic E-state index is 11.9. The third-order valence-corrected chi connectivity index (χ3v) is 3.08. The molecule has 0 saturated heterocycles. The number of carbonyl (C=O) groups is 1. The van der Waals surface area contributed by atoms with Crippen LogP contribution < -0.4 is 0 Å². The normalized spacial score (nSPS) is 19.8. The van der Waals surface area contributed by atoms with Crippen molar-refractivity contribution in [1.82, 2.24) is 4.90 Å². The van der Waals surface area contributed by atoms with Crippen LogP contribution in [0.1, 0.15) is 40.5 Å². The van der Waals surface area contributed by atoms with E-state index in [1.54, 1.807) is 0 Å². The highest BCUT2D eigenvalue weighted by atomic mass is 16.5. The van der Waals surface area contributed by atoms with Gasteiger partial charge in [-0.2, -0.15) is 0 Å². The summed E-state index contributed by atoms with van der Waals surface area (Å²) in [7, 11) is 0. The first kappa shape index (κ1) is 13.8. The van der Waals surface area contributed by atoms with Crippen molar-refractivity contribution >= 4 is 5.97 Å². The predicted octanol–water partition coefficient (Wildman–Crippen LogP) is 3.09. The van der Waals surface area contributed by atoms with Gasteiger partial charge in [0.05, 0.1) is 12.2 Å². The van der Waals surface area contributed by atoms with Crippen molar-refractivity contribution in [2.24, 2.45) is 5.92 Å². The first-order valence-corrected chi connectivity index (χ1v) is 6.44. The number of allylic oxidation sites excluding steroid dienone is 2. The highest BCUT2D eigenvalue weighted by Gasteiger charge is 2.24. The molecule has 3 nitrogen and oxygen atoms in total. The van der Waals surface area contributed by atoms with Crippen molar-refractivity contribution in [3.05, 3.63) is 23.5 Å². The van der Waals surface area contributed by atoms with E-state index in [1.807, 2.05) is 20.8 Å². The van der Waals surface area contributed by atoms with Gasteiger partial charge >= 0.3 is 5.97 Å². The van der Waals surface area contributed by atoms with Crippen LogP contribution in [-0.2, 0) is 9.53 Å². The van der Waals surface area contributed by atoms with Gasteiger partial charge in [0.2, 0.25) is 0 Å². The largest absolute Gasteiger partial charge is 0.463 e. The second kappa shape index (κ2) is 6.48. The Hall–Kier alpha value is -1.25. The molecule has 1 rings (SSSR count). The fourth-order valence-electron chi connectivity index (χ4n) is 2.04. The summed E-state index contributed by atoms with van der Waals surface area (Å²) in [4.78, 5) is 14.0. The lowest BCUT2D eigenvalue weighted by atomic mass is 9.96. The highest BCUT2D eigenvalue weighted by molar-refractivity contribution is 5.90. The Morgan fingerprint density at radius 2 is 2.18 bits per heavy atom. The van der Waals surface area contributed by atoms with Gasteiger partial charge in [-0.05, 0) is 20.3 Å². The van der Waals surface area contributed by atoms with Gasteiger partial charge in [0.15, 0.2) is 0 Å². The molecule has 1 heterocycles. The molecule has 1 unspecified atom stereocenters. The monoisotopic (exact) mass is 237 g/mol. The summed E-state index contributed by atoms with van der Waals surface area (Å²) in [5, 5.41) is 0. The molecule has 0 saturated carbocycles. The van der Waals surface area contributed by atoms with E-state index in [0.717, 1.165) is 30.7 Å². The Bertz CT molecular complexity index is 331. The number of esters is 1. The lowest BCUT2D eigenvalue weighted by Crippen LogP contribution is -2.27. The van der Waals surface area contributed by atoms with Gasteiger partial charge in [0, 0.05) is 24.4 Å². The van der Waals surface area contributed by atoms with Gasteiger partial charge in [-0.25, -0.2) is 4.79 Å². The standard InChI is InChI=1S/C14H23NO2/c1-5-7-9-15-10-8-11(3)13(12(15)4)14(16)17-6-2/h8,10-11H,5-7,9H2,1-4H3. The molecule has 17 heavy (non-hydrogen) atoms. The molecule has 1 aliphatic rings. The summed E-state index contributed by atoms with van der Waals surface area (Å²) in [5.41, 5.74) is 1.83. The molecule has 0 aliphatic carbocycles. The molecule has 0 fully saturated rings. The SMILES string of the molecule is CCCCN1C=CC(C)C(C(=O)OCC)=C1C. The molecule has 0 amide bonds. The molecular weight excluding hydrogens is 214 g/mol. The maximum Gasteiger partial charge on any atom is 0.336 e. The highest BCUT2D eigenvalue weighted by Crippen LogP contribution is 2.26. The van der Waals surface area contributed by atoms with Crippen molar-refractivity contribution in [1.29, 1.82) is 0 Å². The third-order valence-electron chi connectivity index (χ3n) is 3.08. The minimum Gasteiger partial charge on any atom is -0.463 e. The molecule has 96 valence electrons. The zero-order chi connectivity index (χ0) is 12.8. The summed E-state index contributed by atoms with van der Waals surface area (Å²) in [5.74, 6) is -0.0322. The minimum atomic E-state index is -0.177. The molecule has 0 bridgehead atoms. The summed E-state index contributed by atoms with van der Waals surface area (Å²) in [6, 6.07) is 0. The van der Waals surface area contributed by atoms with Crippen LogP contribution in [0.5, 0.6) is 0 Å². The lowest BCUT2D eigenvalue weighted by molar-refractivity contribution is -0.139. The van der Waals surface area contributed by atoms with Gasteiger partial charge in [-0.1, -0.05) is 26.3 Å². The zero-order valence-corrected chi connectivity index (χ0v) is 11.3. The van der Waals surface area contributed by atoms with Gasteiger partial charge in [-0.15, -0.1) is 0 Å². The van der Waals surface area contributed by atoms with E-state index in [1.165, 1.54) is 0 Å². The average Bonchev–Trinajstić information content (AvgIpc) is 2.28. The van der Waals surface area contributed by atoms with Gasteiger partial charge in [0.25, 0.3) is 0 Å². The van der Waals surface area contributed by atoms with Crippen molar-refractivity contribution in [2.75, 3.05) is 13.2 Å². The minimum absolute atomic E-state index is 0.145. The van der Waals surface area contributed by atoms with Crippen molar-refractivity contribution in [3.63, 3.8) is 0 Å². The average molecular weight is 237 g/mol. The van der Waals surface area contributed by atoms with Gasteiger partial charge < -0.3 is 9.64 Å². The number of nitrogens with zero attached hydrogens (tertiary/aromatic N) is 1. The van der Waals surface area contributed by atoms with Crippen molar-refractivity contribution in [2.45, 2.75) is 40.5 Å². The zero-order valence-electron chi connectivity index (χ0n) is 11.3. The van der Waals surface area contributed by atoms with E-state index in [-0.39, 0.29) is 11.9 Å². The van der Waals surface area contributed by atoms with Crippen LogP contribution in [0.3, 0.4) is 0 Å². The Morgan fingerprint density at radius 1 is 1.47 bits per heavy atom. The summed E-state index contributed by atoms with van der Waals surface area (Å²) < 4.78 is 5.12. The number of unbranched alkanes of at least 4 members (excludes halogenated alkanes) is 1. The summed E-state index contributed by atoms with van der Waals surface area (Å²) in [6.07, 6.45) is 6.43. The van der Waals surface area contributed by atoms with E-state index in [4.69, 9.17) is 4.74 Å². The molecule has 3 heteroatoms. The van der Waals surface area contributed by atoms with E-state index >= 15 is 0 Å². The summed E-state index contributed by atoms with van der Waals surface area (Å²) in [6.45, 7) is 9.44. The van der Waals surface area contributed by atoms with Crippen LogP contribution in [-0.4, -0.2) is 24.0 Å². The fourth-order valence-corrected chi connectivity index (χ4v) is 2.04. The first-order chi connectivity index (χ1) is 8.11. The molecular formula is C14H23NO2. The number of rotatable bonds is 5. The van der Waals surface area contributed by atoms with Crippen LogP contribution in [0, 0.1) is 5.92 Å².